The molecule has 0 aliphatic rings. The SMILES string of the molecule is N=C(N=C(N)N)N(CCc1cccc(O)c1O)NC(N=C(N)N)=NCCc1cccc(O)c1O. The smallest absolute Gasteiger partial charge is 0.240 e. The molecule has 2 aromatic rings. The van der Waals surface area contributed by atoms with Gasteiger partial charge in [0.2, 0.25) is 11.9 Å². The molecule has 0 aliphatic carbocycles. The summed E-state index contributed by atoms with van der Waals surface area (Å²) in [6.07, 6.45) is 0.412. The third kappa shape index (κ3) is 7.37. The molecule has 2 aromatic carbocycles. The number of phenolic OH excluding ortho intramolecular Hbond substituents is 4. The highest BCUT2D eigenvalue weighted by atomic mass is 16.3. The molecule has 0 saturated carbocycles. The summed E-state index contributed by atoms with van der Waals surface area (Å²) < 4.78 is 0. The first kappa shape index (κ1) is 25.4. The predicted molar refractivity (Wildman–Crippen MR) is 128 cm³/mol. The van der Waals surface area contributed by atoms with Gasteiger partial charge in [0.1, 0.15) is 0 Å². The molecule has 0 radical (unpaired) electrons. The van der Waals surface area contributed by atoms with E-state index in [1.165, 1.54) is 17.1 Å². The largest absolute Gasteiger partial charge is 0.504 e. The van der Waals surface area contributed by atoms with E-state index < -0.39 is 5.96 Å². The van der Waals surface area contributed by atoms with Crippen LogP contribution in [0.2, 0.25) is 0 Å². The van der Waals surface area contributed by atoms with Crippen molar-refractivity contribution in [3.63, 3.8) is 0 Å². The van der Waals surface area contributed by atoms with Crippen LogP contribution in [-0.2, 0) is 12.8 Å². The normalized spacial score (nSPS) is 10.9. The fourth-order valence-electron chi connectivity index (χ4n) is 2.81. The number of hydrogen-bond acceptors (Lipinski definition) is 6. The van der Waals surface area contributed by atoms with E-state index >= 15 is 0 Å². The average Bonchev–Trinajstić information content (AvgIpc) is 2.75. The van der Waals surface area contributed by atoms with E-state index in [1.54, 1.807) is 24.3 Å². The highest BCUT2D eigenvalue weighted by Gasteiger charge is 2.15. The van der Waals surface area contributed by atoms with Gasteiger partial charge in [0.25, 0.3) is 0 Å². The summed E-state index contributed by atoms with van der Waals surface area (Å²) >= 11 is 0. The van der Waals surface area contributed by atoms with E-state index in [9.17, 15) is 20.4 Å². The van der Waals surface area contributed by atoms with E-state index in [0.29, 0.717) is 11.1 Å². The molecule has 0 unspecified atom stereocenters. The quantitative estimate of drug-likeness (QED) is 0.105. The number of aromatic hydroxyl groups is 4. The van der Waals surface area contributed by atoms with Gasteiger partial charge in [-0.25, -0.2) is 4.99 Å². The first-order valence-corrected chi connectivity index (χ1v) is 9.94. The van der Waals surface area contributed by atoms with Gasteiger partial charge in [-0.1, -0.05) is 24.3 Å². The fourth-order valence-corrected chi connectivity index (χ4v) is 2.81. The van der Waals surface area contributed by atoms with Crippen LogP contribution in [0.25, 0.3) is 0 Å². The van der Waals surface area contributed by atoms with Crippen molar-refractivity contribution in [1.82, 2.24) is 10.4 Å². The lowest BCUT2D eigenvalue weighted by molar-refractivity contribution is 0.363. The van der Waals surface area contributed by atoms with Gasteiger partial charge in [-0.15, -0.1) is 0 Å². The Morgan fingerprint density at radius 3 is 1.88 bits per heavy atom. The van der Waals surface area contributed by atoms with E-state index in [4.69, 9.17) is 28.3 Å². The number of nitrogens with zero attached hydrogens (tertiary/aromatic N) is 4. The summed E-state index contributed by atoms with van der Waals surface area (Å²) in [5, 5.41) is 48.6. The minimum Gasteiger partial charge on any atom is -0.504 e. The highest BCUT2D eigenvalue weighted by Crippen LogP contribution is 2.29. The maximum Gasteiger partial charge on any atom is 0.240 e. The topological polar surface area (TPSA) is 261 Å². The number of phenols is 4. The maximum absolute atomic E-state index is 10.0. The van der Waals surface area contributed by atoms with Gasteiger partial charge in [-0.3, -0.25) is 15.8 Å². The Hall–Kier alpha value is -4.88. The second-order valence-electron chi connectivity index (χ2n) is 6.94. The van der Waals surface area contributed by atoms with Crippen LogP contribution in [0.3, 0.4) is 0 Å². The van der Waals surface area contributed by atoms with Gasteiger partial charge in [0, 0.05) is 13.1 Å². The second kappa shape index (κ2) is 11.7. The Morgan fingerprint density at radius 1 is 0.824 bits per heavy atom. The number of aliphatic imine (C=N–C) groups is 3. The first-order chi connectivity index (χ1) is 16.1. The van der Waals surface area contributed by atoms with Crippen molar-refractivity contribution >= 4 is 23.8 Å². The van der Waals surface area contributed by atoms with E-state index in [1.807, 2.05) is 0 Å². The zero-order valence-corrected chi connectivity index (χ0v) is 18.2. The molecule has 0 amide bonds. The Morgan fingerprint density at radius 2 is 1.35 bits per heavy atom. The number of hydrazine groups is 1. The first-order valence-electron chi connectivity index (χ1n) is 9.94. The molecule has 0 heterocycles. The monoisotopic (exact) mass is 472 g/mol. The molecule has 34 heavy (non-hydrogen) atoms. The van der Waals surface area contributed by atoms with E-state index in [0.717, 1.165) is 0 Å². The number of para-hydroxylation sites is 2. The summed E-state index contributed by atoms with van der Waals surface area (Å²) in [4.78, 5) is 11.8. The summed E-state index contributed by atoms with van der Waals surface area (Å²) in [5.41, 5.74) is 25.3. The molecule has 0 aliphatic heterocycles. The molecular formula is C20H28N10O4. The van der Waals surface area contributed by atoms with Crippen molar-refractivity contribution in [2.24, 2.45) is 37.9 Å². The van der Waals surface area contributed by atoms with Crippen LogP contribution in [0, 0.1) is 5.41 Å². The third-order valence-electron chi connectivity index (χ3n) is 4.40. The lowest BCUT2D eigenvalue weighted by Gasteiger charge is -2.24. The molecule has 0 bridgehead atoms. The molecule has 0 fully saturated rings. The summed E-state index contributed by atoms with van der Waals surface area (Å²) in [7, 11) is 0. The van der Waals surface area contributed by atoms with Gasteiger partial charge < -0.3 is 43.4 Å². The molecule has 2 rings (SSSR count). The molecule has 182 valence electrons. The standard InChI is InChI=1S/C20H28N10O4/c21-17(22)27-19(25)30(10-8-12-4-2-6-14(32)16(12)34)29-20(28-18(23)24)26-9-7-11-3-1-5-13(31)15(11)33/h1-6,31-34H,7-10H2,(H5,21,22,25,27)(H5,23,24,26,28,29). The lowest BCUT2D eigenvalue weighted by atomic mass is 10.1. The van der Waals surface area contributed by atoms with Crippen molar-refractivity contribution in [2.75, 3.05) is 13.1 Å². The summed E-state index contributed by atoms with van der Waals surface area (Å²) in [6, 6.07) is 9.06. The zero-order valence-electron chi connectivity index (χ0n) is 18.2. The number of rotatable bonds is 6. The number of nitrogens with one attached hydrogen (secondary N) is 2. The second-order valence-corrected chi connectivity index (χ2v) is 6.94. The summed E-state index contributed by atoms with van der Waals surface area (Å²) in [6.45, 7) is 0.145. The van der Waals surface area contributed by atoms with Crippen LogP contribution in [0.15, 0.2) is 51.4 Å². The average molecular weight is 473 g/mol. The minimum atomic E-state index is -0.399. The Balaban J connectivity index is 2.23. The van der Waals surface area contributed by atoms with Crippen molar-refractivity contribution in [3.8, 4) is 23.0 Å². The molecule has 0 aromatic heterocycles. The number of guanidine groups is 4. The highest BCUT2D eigenvalue weighted by molar-refractivity contribution is 5.96. The lowest BCUT2D eigenvalue weighted by Crippen LogP contribution is -2.47. The molecular weight excluding hydrogens is 444 g/mol. The minimum absolute atomic E-state index is 0.0407. The van der Waals surface area contributed by atoms with Crippen LogP contribution >= 0.6 is 0 Å². The van der Waals surface area contributed by atoms with Crippen molar-refractivity contribution in [1.29, 1.82) is 5.41 Å². The number of hydrogen-bond donors (Lipinski definition) is 10. The molecule has 0 saturated heterocycles. The van der Waals surface area contributed by atoms with Crippen LogP contribution < -0.4 is 28.4 Å². The fraction of sp³-hybridized carbons (Fsp3) is 0.200. The van der Waals surface area contributed by atoms with Gasteiger partial charge in [-0.2, -0.15) is 9.98 Å². The Kier molecular flexibility index (Phi) is 8.70. The Bertz CT molecular complexity index is 1110. The van der Waals surface area contributed by atoms with Gasteiger partial charge >= 0.3 is 0 Å². The zero-order chi connectivity index (χ0) is 25.3. The van der Waals surface area contributed by atoms with E-state index in [2.05, 4.69) is 20.4 Å². The maximum atomic E-state index is 10.0. The van der Waals surface area contributed by atoms with Crippen LogP contribution in [-0.4, -0.2) is 62.4 Å². The number of nitrogens with two attached hydrogens (primary N) is 4. The molecule has 14 heteroatoms. The van der Waals surface area contributed by atoms with Crippen molar-refractivity contribution < 1.29 is 20.4 Å². The van der Waals surface area contributed by atoms with Crippen molar-refractivity contribution in [3.05, 3.63) is 47.5 Å². The molecule has 0 atom stereocenters. The van der Waals surface area contributed by atoms with Crippen LogP contribution in [0.5, 0.6) is 23.0 Å². The van der Waals surface area contributed by atoms with Gasteiger partial charge in [0.05, 0.1) is 0 Å². The third-order valence-corrected chi connectivity index (χ3v) is 4.40. The van der Waals surface area contributed by atoms with Gasteiger partial charge in [0.15, 0.2) is 34.9 Å². The molecule has 14 nitrogen and oxygen atoms in total. The van der Waals surface area contributed by atoms with Crippen LogP contribution in [0.1, 0.15) is 11.1 Å². The number of benzene rings is 2. The predicted octanol–water partition coefficient (Wildman–Crippen LogP) is -1.06. The van der Waals surface area contributed by atoms with E-state index in [-0.39, 0.29) is 66.8 Å². The van der Waals surface area contributed by atoms with Gasteiger partial charge in [-0.05, 0) is 36.1 Å². The molecule has 0 spiro atoms. The Labute approximate surface area is 195 Å². The van der Waals surface area contributed by atoms with Crippen molar-refractivity contribution in [2.45, 2.75) is 12.8 Å². The summed E-state index contributed by atoms with van der Waals surface area (Å²) in [5.74, 6) is -2.25. The van der Waals surface area contributed by atoms with Crippen LogP contribution in [0.4, 0.5) is 0 Å². The molecule has 14 N–H and O–H groups in total.